The molecular weight excluding hydrogens is 374 g/mol. The minimum absolute atomic E-state index is 0.355. The molecule has 8 nitrogen and oxygen atoms in total. The molecule has 1 aliphatic rings. The molecule has 1 aromatic rings. The molecule has 0 atom stereocenters. The fraction of sp³-hybridized carbons (Fsp3) is 0.524. The Morgan fingerprint density at radius 2 is 1.83 bits per heavy atom. The summed E-state index contributed by atoms with van der Waals surface area (Å²) in [5.74, 6) is -0.932. The molecule has 0 bridgehead atoms. The van der Waals surface area contributed by atoms with Crippen LogP contribution in [0.1, 0.15) is 49.4 Å². The summed E-state index contributed by atoms with van der Waals surface area (Å²) >= 11 is 0. The van der Waals surface area contributed by atoms with Crippen molar-refractivity contribution in [3.05, 3.63) is 29.8 Å². The molecule has 0 unspecified atom stereocenters. The third-order valence-corrected chi connectivity index (χ3v) is 5.08. The van der Waals surface area contributed by atoms with E-state index in [4.69, 9.17) is 9.47 Å². The minimum Gasteiger partial charge on any atom is -0.494 e. The van der Waals surface area contributed by atoms with Crippen LogP contribution in [0.5, 0.6) is 5.75 Å². The van der Waals surface area contributed by atoms with Crippen LogP contribution in [0.4, 0.5) is 0 Å². The van der Waals surface area contributed by atoms with E-state index in [1.807, 2.05) is 6.92 Å². The number of rotatable bonds is 8. The molecule has 1 saturated carbocycles. The third-order valence-electron chi connectivity index (χ3n) is 5.08. The largest absolute Gasteiger partial charge is 0.494 e. The second kappa shape index (κ2) is 10.5. The van der Waals surface area contributed by atoms with Gasteiger partial charge in [0.05, 0.1) is 12.7 Å². The molecule has 0 saturated heterocycles. The van der Waals surface area contributed by atoms with E-state index in [0.29, 0.717) is 30.8 Å². The smallest absolute Gasteiger partial charge is 0.325 e. The lowest BCUT2D eigenvalue weighted by Gasteiger charge is -2.38. The highest BCUT2D eigenvalue weighted by atomic mass is 16.5. The van der Waals surface area contributed by atoms with Crippen LogP contribution in [0, 0.1) is 11.3 Å². The Morgan fingerprint density at radius 3 is 2.41 bits per heavy atom. The molecule has 1 fully saturated rings. The number of carbonyl (C=O) groups excluding carboxylic acids is 3. The number of benzene rings is 1. The number of nitrogens with one attached hydrogen (secondary N) is 1. The fourth-order valence-corrected chi connectivity index (χ4v) is 3.31. The van der Waals surface area contributed by atoms with E-state index in [1.54, 1.807) is 31.3 Å². The summed E-state index contributed by atoms with van der Waals surface area (Å²) < 4.78 is 10.3. The monoisotopic (exact) mass is 401 g/mol. The van der Waals surface area contributed by atoms with Gasteiger partial charge < -0.3 is 19.7 Å². The molecule has 1 aromatic carbocycles. The van der Waals surface area contributed by atoms with Gasteiger partial charge >= 0.3 is 5.97 Å². The van der Waals surface area contributed by atoms with Crippen molar-refractivity contribution in [3.63, 3.8) is 0 Å². The molecule has 0 aromatic heterocycles. The first kappa shape index (κ1) is 22.2. The summed E-state index contributed by atoms with van der Waals surface area (Å²) in [5, 5.41) is 12.0. The molecule has 0 heterocycles. The molecular formula is C21H27N3O5. The van der Waals surface area contributed by atoms with E-state index in [1.165, 1.54) is 4.90 Å². The van der Waals surface area contributed by atoms with Crippen molar-refractivity contribution < 1.29 is 23.9 Å². The van der Waals surface area contributed by atoms with Crippen LogP contribution in [0.2, 0.25) is 0 Å². The molecule has 1 aliphatic carbocycles. The summed E-state index contributed by atoms with van der Waals surface area (Å²) in [5.41, 5.74) is -0.450. The van der Waals surface area contributed by atoms with Gasteiger partial charge in [0.25, 0.3) is 11.8 Å². The van der Waals surface area contributed by atoms with Crippen molar-refractivity contribution in [2.45, 2.75) is 44.6 Å². The number of amides is 2. The van der Waals surface area contributed by atoms with E-state index in [2.05, 4.69) is 11.4 Å². The molecule has 29 heavy (non-hydrogen) atoms. The van der Waals surface area contributed by atoms with Crippen LogP contribution in [0.25, 0.3) is 0 Å². The average molecular weight is 401 g/mol. The minimum atomic E-state index is -0.830. The van der Waals surface area contributed by atoms with Gasteiger partial charge in [0, 0.05) is 12.6 Å². The SMILES string of the molecule is CCOc1ccc(C(=O)NCC(=O)OCC(=O)N(C)C2(C#N)CCCCC2)cc1. The molecule has 156 valence electrons. The Balaban J connectivity index is 1.78. The predicted octanol–water partition coefficient (Wildman–Crippen LogP) is 2.04. The van der Waals surface area contributed by atoms with Gasteiger partial charge in [0.1, 0.15) is 17.8 Å². The van der Waals surface area contributed by atoms with E-state index in [0.717, 1.165) is 19.3 Å². The van der Waals surface area contributed by atoms with Gasteiger partial charge in [-0.05, 0) is 44.0 Å². The van der Waals surface area contributed by atoms with Gasteiger partial charge in [0.15, 0.2) is 6.61 Å². The van der Waals surface area contributed by atoms with Crippen molar-refractivity contribution in [1.82, 2.24) is 10.2 Å². The molecule has 0 spiro atoms. The van der Waals surface area contributed by atoms with E-state index >= 15 is 0 Å². The Kier molecular flexibility index (Phi) is 8.01. The van der Waals surface area contributed by atoms with E-state index < -0.39 is 29.9 Å². The van der Waals surface area contributed by atoms with E-state index in [9.17, 15) is 19.6 Å². The predicted molar refractivity (Wildman–Crippen MR) is 105 cm³/mol. The topological polar surface area (TPSA) is 109 Å². The zero-order valence-electron chi connectivity index (χ0n) is 16.9. The second-order valence-corrected chi connectivity index (χ2v) is 6.96. The molecule has 1 N–H and O–H groups in total. The van der Waals surface area contributed by atoms with Crippen LogP contribution in [-0.4, -0.2) is 55.0 Å². The van der Waals surface area contributed by atoms with Gasteiger partial charge in [-0.1, -0.05) is 19.3 Å². The summed E-state index contributed by atoms with van der Waals surface area (Å²) in [7, 11) is 1.57. The number of nitriles is 1. The first-order valence-electron chi connectivity index (χ1n) is 9.76. The highest BCUT2D eigenvalue weighted by Crippen LogP contribution is 2.32. The fourth-order valence-electron chi connectivity index (χ4n) is 3.31. The van der Waals surface area contributed by atoms with Gasteiger partial charge in [-0.15, -0.1) is 0 Å². The summed E-state index contributed by atoms with van der Waals surface area (Å²) in [6, 6.07) is 8.78. The van der Waals surface area contributed by atoms with Crippen molar-refractivity contribution in [1.29, 1.82) is 5.26 Å². The maximum absolute atomic E-state index is 12.4. The molecule has 0 radical (unpaired) electrons. The molecule has 8 heteroatoms. The van der Waals surface area contributed by atoms with Crippen molar-refractivity contribution in [2.75, 3.05) is 26.8 Å². The highest BCUT2D eigenvalue weighted by molar-refractivity contribution is 5.96. The highest BCUT2D eigenvalue weighted by Gasteiger charge is 2.38. The van der Waals surface area contributed by atoms with Crippen LogP contribution < -0.4 is 10.1 Å². The van der Waals surface area contributed by atoms with Crippen LogP contribution in [-0.2, 0) is 14.3 Å². The van der Waals surface area contributed by atoms with Crippen LogP contribution in [0.3, 0.4) is 0 Å². The van der Waals surface area contributed by atoms with Gasteiger partial charge in [-0.25, -0.2) is 0 Å². The number of ether oxygens (including phenoxy) is 2. The van der Waals surface area contributed by atoms with Crippen molar-refractivity contribution in [3.8, 4) is 11.8 Å². The second-order valence-electron chi connectivity index (χ2n) is 6.96. The van der Waals surface area contributed by atoms with Crippen LogP contribution >= 0.6 is 0 Å². The molecule has 2 rings (SSSR count). The lowest BCUT2D eigenvalue weighted by atomic mass is 9.81. The quantitative estimate of drug-likeness (QED) is 0.668. The van der Waals surface area contributed by atoms with Gasteiger partial charge in [-0.2, -0.15) is 5.26 Å². The molecule has 2 amide bonds. The average Bonchev–Trinajstić information content (AvgIpc) is 2.76. The van der Waals surface area contributed by atoms with Gasteiger partial charge in [-0.3, -0.25) is 14.4 Å². The lowest BCUT2D eigenvalue weighted by Crippen LogP contribution is -2.51. The number of hydrogen-bond acceptors (Lipinski definition) is 6. The van der Waals surface area contributed by atoms with Crippen molar-refractivity contribution >= 4 is 17.8 Å². The van der Waals surface area contributed by atoms with Gasteiger partial charge in [0.2, 0.25) is 0 Å². The Bertz CT molecular complexity index is 764. The van der Waals surface area contributed by atoms with E-state index in [-0.39, 0.29) is 6.54 Å². The Hall–Kier alpha value is -3.08. The number of nitrogens with zero attached hydrogens (tertiary/aromatic N) is 2. The third kappa shape index (κ3) is 5.95. The maximum atomic E-state index is 12.4. The molecule has 0 aliphatic heterocycles. The summed E-state index contributed by atoms with van der Waals surface area (Å²) in [6.07, 6.45) is 4.08. The summed E-state index contributed by atoms with van der Waals surface area (Å²) in [6.45, 7) is 1.58. The number of esters is 1. The number of hydrogen-bond donors (Lipinski definition) is 1. The summed E-state index contributed by atoms with van der Waals surface area (Å²) in [4.78, 5) is 37.7. The van der Waals surface area contributed by atoms with Crippen LogP contribution in [0.15, 0.2) is 24.3 Å². The zero-order valence-corrected chi connectivity index (χ0v) is 16.9. The zero-order chi connectivity index (χ0) is 21.3. The standard InChI is InChI=1S/C21H27N3O5/c1-3-28-17-9-7-16(8-10-17)20(27)23-13-19(26)29-14-18(25)24(2)21(15-22)11-5-4-6-12-21/h7-10H,3-6,11-14H2,1-2H3,(H,23,27). The maximum Gasteiger partial charge on any atom is 0.325 e. The Labute approximate surface area is 170 Å². The van der Waals surface area contributed by atoms with Crippen molar-refractivity contribution in [2.24, 2.45) is 0 Å². The normalized spacial score (nSPS) is 14.9. The number of carbonyl (C=O) groups is 3. The first-order chi connectivity index (χ1) is 13.9. The first-order valence-corrected chi connectivity index (χ1v) is 9.76. The lowest BCUT2D eigenvalue weighted by molar-refractivity contribution is -0.152. The number of likely N-dealkylation sites (N-methyl/N-ethyl adjacent to an activating group) is 1. The Morgan fingerprint density at radius 1 is 1.17 bits per heavy atom.